The van der Waals surface area contributed by atoms with Gasteiger partial charge >= 0.3 is 5.97 Å². The Morgan fingerprint density at radius 3 is 2.48 bits per heavy atom. The lowest BCUT2D eigenvalue weighted by molar-refractivity contribution is -0.169. The van der Waals surface area contributed by atoms with Gasteiger partial charge in [0.2, 0.25) is 12.2 Å². The highest BCUT2D eigenvalue weighted by atomic mass is 16.7. The number of methoxy groups -OCH3 is 1. The molecule has 1 N–H and O–H groups in total. The number of aromatic carboxylic acids is 1. The minimum absolute atomic E-state index is 0.116. The fourth-order valence-electron chi connectivity index (χ4n) is 2.21. The smallest absolute Gasteiger partial charge is 0.335 e. The van der Waals surface area contributed by atoms with E-state index >= 15 is 0 Å². The van der Waals surface area contributed by atoms with Crippen molar-refractivity contribution < 1.29 is 29.0 Å². The number of ether oxygens (including phenoxy) is 2. The van der Waals surface area contributed by atoms with E-state index in [2.05, 4.69) is 0 Å². The summed E-state index contributed by atoms with van der Waals surface area (Å²) in [5, 5.41) is 10.1. The van der Waals surface area contributed by atoms with E-state index in [4.69, 9.17) is 19.4 Å². The molecule has 7 heteroatoms. The van der Waals surface area contributed by atoms with Crippen molar-refractivity contribution in [3.8, 4) is 5.75 Å². The van der Waals surface area contributed by atoms with E-state index in [1.807, 2.05) is 0 Å². The van der Waals surface area contributed by atoms with Crippen LogP contribution in [0.3, 0.4) is 0 Å². The molecule has 1 amide bonds. The lowest BCUT2D eigenvalue weighted by Crippen LogP contribution is -2.31. The van der Waals surface area contributed by atoms with Gasteiger partial charge in [0.25, 0.3) is 0 Å². The second-order valence-corrected chi connectivity index (χ2v) is 4.65. The van der Waals surface area contributed by atoms with Crippen LogP contribution in [0, 0.1) is 5.92 Å². The molecule has 0 radical (unpaired) electrons. The molecule has 0 aliphatic carbocycles. The van der Waals surface area contributed by atoms with E-state index in [9.17, 15) is 9.59 Å². The summed E-state index contributed by atoms with van der Waals surface area (Å²) in [6.07, 6.45) is -0.329. The van der Waals surface area contributed by atoms with Crippen LogP contribution in [0.2, 0.25) is 0 Å². The molecular weight excluding hydrogens is 278 g/mol. The molecule has 1 aromatic rings. The Kier molecular flexibility index (Phi) is 4.77. The second kappa shape index (κ2) is 6.55. The first-order valence-corrected chi connectivity index (χ1v) is 6.42. The van der Waals surface area contributed by atoms with Gasteiger partial charge in [-0.15, -0.1) is 0 Å². The molecule has 0 aromatic heterocycles. The van der Waals surface area contributed by atoms with Crippen LogP contribution in [0.1, 0.15) is 16.8 Å². The van der Waals surface area contributed by atoms with Gasteiger partial charge in [-0.25, -0.2) is 9.86 Å². The Bertz CT molecular complexity index is 515. The van der Waals surface area contributed by atoms with Crippen molar-refractivity contribution in [2.24, 2.45) is 5.92 Å². The highest BCUT2D eigenvalue weighted by molar-refractivity contribution is 5.87. The number of carbonyl (C=O) groups excluding carboxylic acids is 1. The lowest BCUT2D eigenvalue weighted by Gasteiger charge is -2.22. The van der Waals surface area contributed by atoms with Crippen molar-refractivity contribution in [1.82, 2.24) is 5.06 Å². The number of nitrogens with zero attached hydrogens (tertiary/aromatic N) is 1. The third-order valence-corrected chi connectivity index (χ3v) is 3.31. The number of carboxylic acids is 1. The zero-order chi connectivity index (χ0) is 15.4. The van der Waals surface area contributed by atoms with Gasteiger partial charge in [0.05, 0.1) is 25.1 Å². The highest BCUT2D eigenvalue weighted by Crippen LogP contribution is 2.25. The molecule has 2 rings (SSSR count). The van der Waals surface area contributed by atoms with Gasteiger partial charge in [-0.3, -0.25) is 9.63 Å². The number of carbonyl (C=O) groups is 2. The average molecular weight is 295 g/mol. The molecule has 0 saturated carbocycles. The van der Waals surface area contributed by atoms with Crippen molar-refractivity contribution in [3.05, 3.63) is 29.8 Å². The van der Waals surface area contributed by atoms with Crippen molar-refractivity contribution >= 4 is 11.9 Å². The topological polar surface area (TPSA) is 85.3 Å². The summed E-state index contributed by atoms with van der Waals surface area (Å²) in [6.45, 7) is 0.390. The molecule has 0 bridgehead atoms. The van der Waals surface area contributed by atoms with E-state index in [1.54, 1.807) is 12.1 Å². The third kappa shape index (κ3) is 3.50. The summed E-state index contributed by atoms with van der Waals surface area (Å²) < 4.78 is 11.0. The summed E-state index contributed by atoms with van der Waals surface area (Å²) in [5.41, 5.74) is 0.179. The fourth-order valence-corrected chi connectivity index (χ4v) is 2.21. The minimum atomic E-state index is -0.998. The molecule has 1 saturated heterocycles. The van der Waals surface area contributed by atoms with Crippen LogP contribution in [0.4, 0.5) is 0 Å². The van der Waals surface area contributed by atoms with Gasteiger partial charge in [-0.05, 0) is 24.3 Å². The summed E-state index contributed by atoms with van der Waals surface area (Å²) in [4.78, 5) is 27.4. The monoisotopic (exact) mass is 295 g/mol. The Hall–Kier alpha value is -2.12. The first-order valence-electron chi connectivity index (χ1n) is 6.42. The minimum Gasteiger partial charge on any atom is -0.478 e. The van der Waals surface area contributed by atoms with E-state index < -0.39 is 12.3 Å². The van der Waals surface area contributed by atoms with Gasteiger partial charge in [-0.2, -0.15) is 0 Å². The molecular formula is C14H17NO6. The Morgan fingerprint density at radius 2 is 2.00 bits per heavy atom. The summed E-state index contributed by atoms with van der Waals surface area (Å²) >= 11 is 0. The SMILES string of the molecule is COC(Oc1ccc(C(=O)O)cc1)C1CC(=O)N(OC)C1. The number of hydrogen-bond acceptors (Lipinski definition) is 5. The van der Waals surface area contributed by atoms with E-state index in [-0.39, 0.29) is 23.8 Å². The Morgan fingerprint density at radius 1 is 1.33 bits per heavy atom. The molecule has 114 valence electrons. The van der Waals surface area contributed by atoms with Crippen LogP contribution in [0.5, 0.6) is 5.75 Å². The number of benzene rings is 1. The predicted molar refractivity (Wildman–Crippen MR) is 71.7 cm³/mol. The normalized spacial score (nSPS) is 19.6. The zero-order valence-corrected chi connectivity index (χ0v) is 11.8. The highest BCUT2D eigenvalue weighted by Gasteiger charge is 2.36. The summed E-state index contributed by atoms with van der Waals surface area (Å²) in [7, 11) is 2.93. The first kappa shape index (κ1) is 15.3. The van der Waals surface area contributed by atoms with Crippen molar-refractivity contribution in [1.29, 1.82) is 0 Å². The maximum Gasteiger partial charge on any atom is 0.335 e. The van der Waals surface area contributed by atoms with Crippen LogP contribution in [-0.4, -0.2) is 49.1 Å². The summed E-state index contributed by atoms with van der Waals surface area (Å²) in [5.74, 6) is -0.784. The van der Waals surface area contributed by atoms with E-state index in [1.165, 1.54) is 31.4 Å². The van der Waals surface area contributed by atoms with Gasteiger partial charge in [0, 0.05) is 13.5 Å². The largest absolute Gasteiger partial charge is 0.478 e. The molecule has 1 aromatic carbocycles. The Balaban J connectivity index is 2.02. The molecule has 2 atom stereocenters. The van der Waals surface area contributed by atoms with Crippen molar-refractivity contribution in [2.75, 3.05) is 20.8 Å². The molecule has 1 aliphatic rings. The maximum absolute atomic E-state index is 11.6. The average Bonchev–Trinajstić information content (AvgIpc) is 2.86. The molecule has 1 fully saturated rings. The number of rotatable bonds is 6. The van der Waals surface area contributed by atoms with E-state index in [0.717, 1.165) is 0 Å². The quantitative estimate of drug-likeness (QED) is 0.792. The number of hydroxylamine groups is 2. The number of hydrogen-bond donors (Lipinski definition) is 1. The molecule has 7 nitrogen and oxygen atoms in total. The number of amides is 1. The second-order valence-electron chi connectivity index (χ2n) is 4.65. The van der Waals surface area contributed by atoms with Crippen LogP contribution >= 0.6 is 0 Å². The Labute approximate surface area is 122 Å². The van der Waals surface area contributed by atoms with Gasteiger partial charge in [-0.1, -0.05) is 0 Å². The van der Waals surface area contributed by atoms with Crippen LogP contribution in [0.15, 0.2) is 24.3 Å². The number of carboxylic acid groups (broad SMARTS) is 1. The van der Waals surface area contributed by atoms with Gasteiger partial charge in [0.1, 0.15) is 5.75 Å². The fraction of sp³-hybridized carbons (Fsp3) is 0.429. The van der Waals surface area contributed by atoms with Crippen LogP contribution in [-0.2, 0) is 14.4 Å². The van der Waals surface area contributed by atoms with E-state index in [0.29, 0.717) is 12.3 Å². The predicted octanol–water partition coefficient (Wildman–Crippen LogP) is 1.15. The summed E-state index contributed by atoms with van der Waals surface area (Å²) in [6, 6.07) is 6.01. The van der Waals surface area contributed by atoms with Crippen molar-refractivity contribution in [2.45, 2.75) is 12.7 Å². The first-order chi connectivity index (χ1) is 10.0. The zero-order valence-electron chi connectivity index (χ0n) is 11.8. The molecule has 2 unspecified atom stereocenters. The molecule has 1 heterocycles. The van der Waals surface area contributed by atoms with Crippen LogP contribution < -0.4 is 4.74 Å². The van der Waals surface area contributed by atoms with Crippen molar-refractivity contribution in [3.63, 3.8) is 0 Å². The molecule has 21 heavy (non-hydrogen) atoms. The lowest BCUT2D eigenvalue weighted by atomic mass is 10.1. The van der Waals surface area contributed by atoms with Gasteiger partial charge < -0.3 is 14.6 Å². The molecule has 1 aliphatic heterocycles. The van der Waals surface area contributed by atoms with Gasteiger partial charge in [0.15, 0.2) is 0 Å². The maximum atomic E-state index is 11.6. The molecule has 0 spiro atoms. The third-order valence-electron chi connectivity index (χ3n) is 3.31. The standard InChI is InChI=1S/C14H17NO6/c1-19-14(10-7-12(16)15(8-10)20-2)21-11-5-3-9(4-6-11)13(17)18/h3-6,10,14H,7-8H2,1-2H3,(H,17,18). The van der Waals surface area contributed by atoms with Crippen LogP contribution in [0.25, 0.3) is 0 Å².